The van der Waals surface area contributed by atoms with E-state index in [1.807, 2.05) is 16.9 Å². The second kappa shape index (κ2) is 4.85. The molecular formula is C17H16ClN3. The average molecular weight is 298 g/mol. The Hall–Kier alpha value is -1.87. The maximum atomic E-state index is 6.75. The zero-order valence-corrected chi connectivity index (χ0v) is 12.6. The normalized spacial score (nSPS) is 17.3. The van der Waals surface area contributed by atoms with Gasteiger partial charge in [0.15, 0.2) is 5.65 Å². The van der Waals surface area contributed by atoms with Crippen molar-refractivity contribution in [2.24, 2.45) is 0 Å². The highest BCUT2D eigenvalue weighted by Gasteiger charge is 2.24. The topological polar surface area (TPSA) is 30.7 Å². The minimum absolute atomic E-state index is 0.177. The van der Waals surface area contributed by atoms with Crippen LogP contribution in [0.3, 0.4) is 0 Å². The van der Waals surface area contributed by atoms with Crippen LogP contribution in [0.15, 0.2) is 36.5 Å². The van der Waals surface area contributed by atoms with E-state index in [9.17, 15) is 0 Å². The molecule has 1 aliphatic carbocycles. The number of pyridine rings is 1. The summed E-state index contributed by atoms with van der Waals surface area (Å²) in [7, 11) is 0. The molecule has 0 bridgehead atoms. The second-order valence-electron chi connectivity index (χ2n) is 5.47. The summed E-state index contributed by atoms with van der Waals surface area (Å²) in [5, 5.41) is 5.31. The number of halogens is 1. The van der Waals surface area contributed by atoms with Gasteiger partial charge in [-0.3, -0.25) is 0 Å². The standard InChI is InChI=1S/C17H16ClN3/c1-2-21-17-13(10-19-21)9-12-8-7-11-5-3-4-6-14(11)15(18)16(12)20-17/h3-6,9-10,15H,2,7-8H2,1H3. The van der Waals surface area contributed by atoms with Crippen LogP contribution in [0.4, 0.5) is 0 Å². The molecule has 2 aromatic heterocycles. The smallest absolute Gasteiger partial charge is 0.158 e. The fourth-order valence-electron chi connectivity index (χ4n) is 3.14. The average Bonchev–Trinajstić information content (AvgIpc) is 2.87. The summed E-state index contributed by atoms with van der Waals surface area (Å²) < 4.78 is 1.93. The van der Waals surface area contributed by atoms with E-state index in [4.69, 9.17) is 16.6 Å². The Kier molecular flexibility index (Phi) is 2.96. The number of benzene rings is 1. The maximum absolute atomic E-state index is 6.75. The molecular weight excluding hydrogens is 282 g/mol. The first kappa shape index (κ1) is 12.8. The third-order valence-electron chi connectivity index (χ3n) is 4.26. The Balaban J connectivity index is 1.95. The highest BCUT2D eigenvalue weighted by atomic mass is 35.5. The molecule has 1 atom stereocenters. The van der Waals surface area contributed by atoms with E-state index in [-0.39, 0.29) is 5.38 Å². The highest BCUT2D eigenvalue weighted by molar-refractivity contribution is 6.22. The number of hydrogen-bond donors (Lipinski definition) is 0. The van der Waals surface area contributed by atoms with Gasteiger partial charge in [-0.15, -0.1) is 11.6 Å². The van der Waals surface area contributed by atoms with Crippen molar-refractivity contribution in [1.29, 1.82) is 0 Å². The minimum Gasteiger partial charge on any atom is -0.248 e. The molecule has 1 unspecified atom stereocenters. The van der Waals surface area contributed by atoms with Crippen molar-refractivity contribution in [2.75, 3.05) is 0 Å². The third kappa shape index (κ3) is 1.95. The van der Waals surface area contributed by atoms with E-state index in [2.05, 4.69) is 36.3 Å². The Morgan fingerprint density at radius 2 is 2.05 bits per heavy atom. The van der Waals surface area contributed by atoms with E-state index >= 15 is 0 Å². The van der Waals surface area contributed by atoms with Gasteiger partial charge in [0, 0.05) is 11.9 Å². The molecule has 0 saturated carbocycles. The van der Waals surface area contributed by atoms with Crippen LogP contribution in [0, 0.1) is 0 Å². The van der Waals surface area contributed by atoms with Crippen molar-refractivity contribution in [3.05, 3.63) is 58.9 Å². The molecule has 0 amide bonds. The second-order valence-corrected chi connectivity index (χ2v) is 5.90. The fraction of sp³-hybridized carbons (Fsp3) is 0.294. The van der Waals surface area contributed by atoms with Crippen molar-refractivity contribution < 1.29 is 0 Å². The molecule has 0 radical (unpaired) electrons. The van der Waals surface area contributed by atoms with E-state index in [1.165, 1.54) is 16.7 Å². The molecule has 3 aromatic rings. The van der Waals surface area contributed by atoms with Crippen molar-refractivity contribution in [2.45, 2.75) is 31.7 Å². The zero-order valence-electron chi connectivity index (χ0n) is 11.9. The van der Waals surface area contributed by atoms with E-state index in [0.29, 0.717) is 0 Å². The van der Waals surface area contributed by atoms with Crippen LogP contribution in [-0.2, 0) is 19.4 Å². The maximum Gasteiger partial charge on any atom is 0.158 e. The van der Waals surface area contributed by atoms with Crippen LogP contribution in [0.2, 0.25) is 0 Å². The van der Waals surface area contributed by atoms with E-state index in [1.54, 1.807) is 0 Å². The Morgan fingerprint density at radius 1 is 1.24 bits per heavy atom. The number of hydrogen-bond acceptors (Lipinski definition) is 2. The lowest BCUT2D eigenvalue weighted by Gasteiger charge is -2.13. The number of fused-ring (bicyclic) bond motifs is 3. The number of rotatable bonds is 1. The molecule has 0 aliphatic heterocycles. The van der Waals surface area contributed by atoms with Crippen molar-refractivity contribution in [3.8, 4) is 0 Å². The molecule has 4 rings (SSSR count). The minimum atomic E-state index is -0.177. The molecule has 106 valence electrons. The number of nitrogens with zero attached hydrogens (tertiary/aromatic N) is 3. The first-order valence-electron chi connectivity index (χ1n) is 7.35. The monoisotopic (exact) mass is 297 g/mol. The summed E-state index contributed by atoms with van der Waals surface area (Å²) in [6.07, 6.45) is 3.89. The lowest BCUT2D eigenvalue weighted by atomic mass is 10.0. The molecule has 0 N–H and O–H groups in total. The molecule has 2 heterocycles. The van der Waals surface area contributed by atoms with E-state index in [0.717, 1.165) is 36.1 Å². The molecule has 3 nitrogen and oxygen atoms in total. The van der Waals surface area contributed by atoms with Crippen LogP contribution >= 0.6 is 11.6 Å². The predicted octanol–water partition coefficient (Wildman–Crippen LogP) is 3.88. The molecule has 1 aliphatic rings. The van der Waals surface area contributed by atoms with Crippen molar-refractivity contribution in [3.63, 3.8) is 0 Å². The number of aromatic nitrogens is 3. The number of aryl methyl sites for hydroxylation is 3. The van der Waals surface area contributed by atoms with Gasteiger partial charge < -0.3 is 0 Å². The van der Waals surface area contributed by atoms with Crippen LogP contribution in [-0.4, -0.2) is 14.8 Å². The van der Waals surface area contributed by atoms with Crippen LogP contribution < -0.4 is 0 Å². The van der Waals surface area contributed by atoms with Gasteiger partial charge >= 0.3 is 0 Å². The summed E-state index contributed by atoms with van der Waals surface area (Å²) in [5.74, 6) is 0. The Labute approximate surface area is 128 Å². The molecule has 4 heteroatoms. The van der Waals surface area contributed by atoms with Crippen LogP contribution in [0.1, 0.15) is 34.7 Å². The molecule has 0 saturated heterocycles. The molecule has 0 spiro atoms. The fourth-order valence-corrected chi connectivity index (χ4v) is 3.54. The summed E-state index contributed by atoms with van der Waals surface area (Å²) in [6, 6.07) is 10.6. The van der Waals surface area contributed by atoms with Crippen molar-refractivity contribution >= 4 is 22.6 Å². The summed E-state index contributed by atoms with van der Waals surface area (Å²) in [4.78, 5) is 4.85. The SMILES string of the molecule is CCn1ncc2cc3c(nc21)C(Cl)c1ccccc1CC3. The Bertz CT molecular complexity index is 822. The van der Waals surface area contributed by atoms with Gasteiger partial charge in [0.1, 0.15) is 5.38 Å². The summed E-state index contributed by atoms with van der Waals surface area (Å²) >= 11 is 6.75. The van der Waals surface area contributed by atoms with E-state index < -0.39 is 0 Å². The van der Waals surface area contributed by atoms with Gasteiger partial charge in [0.2, 0.25) is 0 Å². The van der Waals surface area contributed by atoms with Crippen molar-refractivity contribution in [1.82, 2.24) is 14.8 Å². The lowest BCUT2D eigenvalue weighted by Crippen LogP contribution is -2.04. The predicted molar refractivity (Wildman–Crippen MR) is 84.7 cm³/mol. The van der Waals surface area contributed by atoms with Gasteiger partial charge in [-0.1, -0.05) is 24.3 Å². The highest BCUT2D eigenvalue weighted by Crippen LogP contribution is 2.36. The molecule has 1 aromatic carbocycles. The van der Waals surface area contributed by atoms with Gasteiger partial charge in [0.25, 0.3) is 0 Å². The number of alkyl halides is 1. The van der Waals surface area contributed by atoms with Crippen LogP contribution in [0.25, 0.3) is 11.0 Å². The molecule has 0 fully saturated rings. The third-order valence-corrected chi connectivity index (χ3v) is 4.70. The largest absolute Gasteiger partial charge is 0.248 e. The van der Waals surface area contributed by atoms with Gasteiger partial charge in [0.05, 0.1) is 11.9 Å². The zero-order chi connectivity index (χ0) is 14.4. The molecule has 21 heavy (non-hydrogen) atoms. The summed E-state index contributed by atoms with van der Waals surface area (Å²) in [5.41, 5.74) is 5.68. The van der Waals surface area contributed by atoms with Gasteiger partial charge in [-0.05, 0) is 42.5 Å². The van der Waals surface area contributed by atoms with Gasteiger partial charge in [-0.25, -0.2) is 9.67 Å². The lowest BCUT2D eigenvalue weighted by molar-refractivity contribution is 0.675. The Morgan fingerprint density at radius 3 is 2.90 bits per heavy atom. The summed E-state index contributed by atoms with van der Waals surface area (Å²) in [6.45, 7) is 2.89. The quantitative estimate of drug-likeness (QED) is 0.638. The first-order chi connectivity index (χ1) is 10.3. The first-order valence-corrected chi connectivity index (χ1v) is 7.78. The van der Waals surface area contributed by atoms with Gasteiger partial charge in [-0.2, -0.15) is 5.10 Å². The van der Waals surface area contributed by atoms with Crippen LogP contribution in [0.5, 0.6) is 0 Å².